The number of hydrogen-bond acceptors (Lipinski definition) is 1. The third-order valence-electron chi connectivity index (χ3n) is 9.40. The number of hydrogen-bond donors (Lipinski definition) is 1. The Bertz CT molecular complexity index is 2300. The summed E-state index contributed by atoms with van der Waals surface area (Å²) >= 11 is 3.53. The van der Waals surface area contributed by atoms with Crippen LogP contribution in [0.15, 0.2) is 164 Å². The van der Waals surface area contributed by atoms with E-state index in [1.165, 1.54) is 65.4 Å². The summed E-state index contributed by atoms with van der Waals surface area (Å²) in [6, 6.07) is 59.6. The minimum absolute atomic E-state index is 1.13. The molecule has 3 aromatic heterocycles. The molecule has 0 fully saturated rings. The second-order valence-electron chi connectivity index (χ2n) is 11.8. The Morgan fingerprint density at radius 1 is 0.277 bits per heavy atom. The fourth-order valence-electron chi connectivity index (χ4n) is 7.57. The predicted molar refractivity (Wildman–Crippen MR) is 204 cm³/mol. The number of benzene rings is 7. The summed E-state index contributed by atoms with van der Waals surface area (Å²) in [5, 5.41) is 7.55. The van der Waals surface area contributed by atoms with Gasteiger partial charge in [0.05, 0.1) is 50.2 Å². The Morgan fingerprint density at radius 2 is 0.447 bits per heavy atom. The summed E-state index contributed by atoms with van der Waals surface area (Å²) in [6.07, 6.45) is 1.69. The van der Waals surface area contributed by atoms with Crippen LogP contribution >= 0.6 is 12.6 Å². The lowest BCUT2D eigenvalue weighted by Crippen LogP contribution is -2.03. The van der Waals surface area contributed by atoms with Crippen LogP contribution < -0.4 is 0 Å². The van der Waals surface area contributed by atoms with Crippen molar-refractivity contribution >= 4 is 78.0 Å². The first-order chi connectivity index (χ1) is 23.3. The van der Waals surface area contributed by atoms with E-state index in [0.29, 0.717) is 0 Å². The van der Waals surface area contributed by atoms with E-state index in [-0.39, 0.29) is 0 Å². The van der Waals surface area contributed by atoms with Gasteiger partial charge in [-0.2, -0.15) is 12.6 Å². The SMILES string of the molecule is CS.c1ccc2c(c1)c1ccccc1n2-c1cc(-n2c3ccccc3c3ccccc32)cc(-n2c3ccccc3c3ccccc32)c1. The molecular weight excluding hydrogens is 591 g/mol. The Morgan fingerprint density at radius 3 is 0.638 bits per heavy atom. The van der Waals surface area contributed by atoms with Crippen LogP contribution in [0, 0.1) is 0 Å². The lowest BCUT2D eigenvalue weighted by Gasteiger charge is -2.17. The van der Waals surface area contributed by atoms with E-state index >= 15 is 0 Å². The van der Waals surface area contributed by atoms with Gasteiger partial charge in [-0.25, -0.2) is 0 Å². The van der Waals surface area contributed by atoms with E-state index in [1.54, 1.807) is 6.26 Å². The molecule has 0 atom stereocenters. The van der Waals surface area contributed by atoms with Crippen molar-refractivity contribution < 1.29 is 0 Å². The van der Waals surface area contributed by atoms with E-state index in [0.717, 1.165) is 17.1 Å². The van der Waals surface area contributed by atoms with E-state index < -0.39 is 0 Å². The summed E-state index contributed by atoms with van der Waals surface area (Å²) in [5.41, 5.74) is 10.6. The van der Waals surface area contributed by atoms with Crippen molar-refractivity contribution in [1.82, 2.24) is 13.7 Å². The molecule has 0 spiro atoms. The molecule has 0 bridgehead atoms. The lowest BCUT2D eigenvalue weighted by atomic mass is 10.2. The van der Waals surface area contributed by atoms with E-state index in [4.69, 9.17) is 0 Å². The number of fused-ring (bicyclic) bond motifs is 9. The van der Waals surface area contributed by atoms with Crippen LogP contribution in [-0.2, 0) is 0 Å². The Labute approximate surface area is 277 Å². The topological polar surface area (TPSA) is 14.8 Å². The summed E-state index contributed by atoms with van der Waals surface area (Å²) in [5.74, 6) is 0. The normalized spacial score (nSPS) is 11.6. The zero-order valence-corrected chi connectivity index (χ0v) is 26.8. The molecule has 0 saturated heterocycles. The molecule has 0 radical (unpaired) electrons. The number of nitrogens with zero attached hydrogens (tertiary/aromatic N) is 3. The Kier molecular flexibility index (Phi) is 6.44. The standard InChI is InChI=1S/C42H27N3.CH4S/c1-7-19-37-31(13-1)32-14-2-8-20-38(32)43(37)28-25-29(44-39-21-9-3-15-33(39)34-16-4-10-22-40(34)44)27-30(26-28)45-41-23-11-5-17-35(41)36-18-6-12-24-42(36)45;1-2/h1-27H;2H,1H3. The largest absolute Gasteiger partial charge is 0.309 e. The summed E-state index contributed by atoms with van der Waals surface area (Å²) < 4.78 is 7.29. The first-order valence-corrected chi connectivity index (χ1v) is 16.8. The average molecular weight is 622 g/mol. The molecule has 3 nitrogen and oxygen atoms in total. The molecule has 0 unspecified atom stereocenters. The van der Waals surface area contributed by atoms with Gasteiger partial charge in [0.2, 0.25) is 0 Å². The maximum absolute atomic E-state index is 3.53. The molecule has 4 heteroatoms. The van der Waals surface area contributed by atoms with Gasteiger partial charge < -0.3 is 13.7 Å². The van der Waals surface area contributed by atoms with Crippen LogP contribution in [0.5, 0.6) is 0 Å². The monoisotopic (exact) mass is 621 g/mol. The summed E-state index contributed by atoms with van der Waals surface area (Å²) in [6.45, 7) is 0. The lowest BCUT2D eigenvalue weighted by molar-refractivity contribution is 1.10. The molecule has 10 aromatic rings. The zero-order chi connectivity index (χ0) is 31.5. The Hall–Kier alpha value is -5.71. The highest BCUT2D eigenvalue weighted by Crippen LogP contribution is 2.38. The predicted octanol–water partition coefficient (Wildman–Crippen LogP) is 11.5. The number of thiol groups is 1. The van der Waals surface area contributed by atoms with Crippen LogP contribution in [-0.4, -0.2) is 20.0 Å². The third kappa shape index (κ3) is 4.08. The number of aromatic nitrogens is 3. The first kappa shape index (κ1) is 27.6. The number of para-hydroxylation sites is 6. The van der Waals surface area contributed by atoms with Gasteiger partial charge in [0.1, 0.15) is 0 Å². The van der Waals surface area contributed by atoms with Crippen LogP contribution in [0.25, 0.3) is 82.5 Å². The van der Waals surface area contributed by atoms with Crippen molar-refractivity contribution in [2.45, 2.75) is 0 Å². The van der Waals surface area contributed by atoms with Gasteiger partial charge in [-0.15, -0.1) is 0 Å². The highest BCUT2D eigenvalue weighted by atomic mass is 32.1. The second-order valence-corrected chi connectivity index (χ2v) is 11.8. The van der Waals surface area contributed by atoms with E-state index in [2.05, 4.69) is 190 Å². The zero-order valence-electron chi connectivity index (χ0n) is 25.9. The van der Waals surface area contributed by atoms with E-state index in [9.17, 15) is 0 Å². The molecule has 3 heterocycles. The van der Waals surface area contributed by atoms with Gasteiger partial charge in [0, 0.05) is 32.3 Å². The molecule has 47 heavy (non-hydrogen) atoms. The molecule has 224 valence electrons. The third-order valence-corrected chi connectivity index (χ3v) is 9.40. The van der Waals surface area contributed by atoms with Gasteiger partial charge >= 0.3 is 0 Å². The summed E-state index contributed by atoms with van der Waals surface area (Å²) in [4.78, 5) is 0. The fourth-order valence-corrected chi connectivity index (χ4v) is 7.57. The van der Waals surface area contributed by atoms with E-state index in [1.807, 2.05) is 0 Å². The van der Waals surface area contributed by atoms with Gasteiger partial charge in [0.25, 0.3) is 0 Å². The van der Waals surface area contributed by atoms with Gasteiger partial charge in [-0.1, -0.05) is 109 Å². The molecular formula is C43H31N3S. The average Bonchev–Trinajstić information content (AvgIpc) is 3.78. The second kappa shape index (κ2) is 11.0. The highest BCUT2D eigenvalue weighted by molar-refractivity contribution is 7.79. The van der Waals surface area contributed by atoms with Crippen molar-refractivity contribution in [2.75, 3.05) is 6.26 Å². The van der Waals surface area contributed by atoms with Crippen molar-refractivity contribution in [1.29, 1.82) is 0 Å². The highest BCUT2D eigenvalue weighted by Gasteiger charge is 2.19. The quantitative estimate of drug-likeness (QED) is 0.189. The summed E-state index contributed by atoms with van der Waals surface area (Å²) in [7, 11) is 0. The minimum atomic E-state index is 1.13. The minimum Gasteiger partial charge on any atom is -0.309 e. The first-order valence-electron chi connectivity index (χ1n) is 15.9. The molecule has 10 rings (SSSR count). The maximum atomic E-state index is 3.53. The molecule has 0 aliphatic rings. The molecule has 0 aliphatic carbocycles. The van der Waals surface area contributed by atoms with Crippen molar-refractivity contribution in [3.8, 4) is 17.1 Å². The fraction of sp³-hybridized carbons (Fsp3) is 0.0233. The van der Waals surface area contributed by atoms with Crippen molar-refractivity contribution in [2.24, 2.45) is 0 Å². The molecule has 7 aromatic carbocycles. The van der Waals surface area contributed by atoms with Crippen LogP contribution in [0.1, 0.15) is 0 Å². The van der Waals surface area contributed by atoms with Crippen molar-refractivity contribution in [3.05, 3.63) is 164 Å². The van der Waals surface area contributed by atoms with Crippen molar-refractivity contribution in [3.63, 3.8) is 0 Å². The van der Waals surface area contributed by atoms with Gasteiger partial charge in [-0.3, -0.25) is 0 Å². The Balaban J connectivity index is 0.00000149. The molecule has 0 N–H and O–H groups in total. The van der Waals surface area contributed by atoms with Gasteiger partial charge in [-0.05, 0) is 60.9 Å². The molecule has 0 amide bonds. The van der Waals surface area contributed by atoms with Crippen LogP contribution in [0.4, 0.5) is 0 Å². The molecule has 0 aliphatic heterocycles. The molecule has 0 saturated carbocycles. The van der Waals surface area contributed by atoms with Crippen LogP contribution in [0.2, 0.25) is 0 Å². The smallest absolute Gasteiger partial charge is 0.0541 e. The van der Waals surface area contributed by atoms with Crippen LogP contribution in [0.3, 0.4) is 0 Å². The maximum Gasteiger partial charge on any atom is 0.0541 e. The number of rotatable bonds is 3. The van der Waals surface area contributed by atoms with Gasteiger partial charge in [0.15, 0.2) is 0 Å².